The van der Waals surface area contributed by atoms with Crippen LogP contribution in [0.1, 0.15) is 0 Å². The number of rotatable bonds is 1. The van der Waals surface area contributed by atoms with E-state index in [4.69, 9.17) is 0 Å². The molecule has 0 aromatic carbocycles. The summed E-state index contributed by atoms with van der Waals surface area (Å²) in [4.78, 5) is 9.78. The smallest absolute Gasteiger partial charge is 0.146 e. The Bertz CT molecular complexity index is 70.1. The number of methoxy groups -OCH3 is 1. The molecule has 0 saturated carbocycles. The van der Waals surface area contributed by atoms with Gasteiger partial charge in [-0.25, -0.2) is 0 Å². The maximum absolute atomic E-state index is 9.78. The van der Waals surface area contributed by atoms with Crippen molar-refractivity contribution in [3.63, 3.8) is 0 Å². The number of hydrogen-bond donors (Lipinski definition) is 0. The summed E-state index contributed by atoms with van der Waals surface area (Å²) in [5.74, 6) is -0.519. The van der Waals surface area contributed by atoms with E-state index in [2.05, 4.69) is 11.3 Å². The van der Waals surface area contributed by atoms with Gasteiger partial charge in [-0.3, -0.25) is 11.4 Å². The van der Waals surface area contributed by atoms with Crippen LogP contribution in [0.4, 0.5) is 0 Å². The van der Waals surface area contributed by atoms with Gasteiger partial charge in [0, 0.05) is 21.1 Å². The summed E-state index contributed by atoms with van der Waals surface area (Å²) in [6.45, 7) is 3.03. The fourth-order valence-electron chi connectivity index (χ4n) is 0.0722. The number of hydrogen-bond acceptors (Lipinski definition) is 2. The normalized spacial score (nSPS) is 5.86. The van der Waals surface area contributed by atoms with Gasteiger partial charge in [-0.1, -0.05) is 0 Å². The van der Waals surface area contributed by atoms with Crippen molar-refractivity contribution in [2.45, 2.75) is 0 Å². The van der Waals surface area contributed by atoms with Gasteiger partial charge in [0.05, 0.1) is 7.11 Å². The van der Waals surface area contributed by atoms with Gasteiger partial charge in [-0.15, -0.1) is 0 Å². The fourth-order valence-corrected chi connectivity index (χ4v) is 0.0722. The molecule has 0 aromatic rings. The molecular weight excluding hydrogens is 264 g/mol. The van der Waals surface area contributed by atoms with Gasteiger partial charge in [0.15, 0.2) is 0 Å². The van der Waals surface area contributed by atoms with E-state index in [9.17, 15) is 4.79 Å². The summed E-state index contributed by atoms with van der Waals surface area (Å²) in [5, 5.41) is 0. The molecule has 0 saturated heterocycles. The molecule has 0 bridgehead atoms. The van der Waals surface area contributed by atoms with E-state index in [0.29, 0.717) is 0 Å². The minimum atomic E-state index is -0.519. The molecule has 3 heteroatoms. The van der Waals surface area contributed by atoms with Crippen molar-refractivity contribution in [2.24, 2.45) is 0 Å². The molecule has 0 heterocycles. The quantitative estimate of drug-likeness (QED) is 0.384. The van der Waals surface area contributed by atoms with Crippen molar-refractivity contribution in [1.82, 2.24) is 0 Å². The summed E-state index contributed by atoms with van der Waals surface area (Å²) in [6, 6.07) is 0. The molecular formula is C4H5O2W-. The predicted octanol–water partition coefficient (Wildman–Crippen LogP) is 0.146. The summed E-state index contributed by atoms with van der Waals surface area (Å²) < 4.78 is 4.09. The first kappa shape index (κ1) is 10.0. The zero-order valence-corrected chi connectivity index (χ0v) is 6.87. The van der Waals surface area contributed by atoms with Crippen molar-refractivity contribution in [2.75, 3.05) is 7.11 Å². The Kier molecular flexibility index (Phi) is 8.43. The third-order valence-corrected chi connectivity index (χ3v) is 0.330. The second kappa shape index (κ2) is 5.90. The molecule has 0 aliphatic carbocycles. The SMILES string of the molecule is C=[C-]C(=O)OC.[W]. The van der Waals surface area contributed by atoms with Crippen LogP contribution in [0.15, 0.2) is 6.58 Å². The van der Waals surface area contributed by atoms with Gasteiger partial charge in [-0.2, -0.15) is 0 Å². The molecule has 0 amide bonds. The van der Waals surface area contributed by atoms with E-state index in [0.717, 1.165) is 0 Å². The third-order valence-electron chi connectivity index (χ3n) is 0.330. The van der Waals surface area contributed by atoms with Crippen LogP contribution in [0.5, 0.6) is 0 Å². The third kappa shape index (κ3) is 5.90. The second-order valence-electron chi connectivity index (χ2n) is 0.668. The summed E-state index contributed by atoms with van der Waals surface area (Å²) >= 11 is 0. The number of ether oxygens (including phenoxy) is 1. The summed E-state index contributed by atoms with van der Waals surface area (Å²) in [6.07, 6.45) is 2.00. The van der Waals surface area contributed by atoms with E-state index in [1.165, 1.54) is 7.11 Å². The van der Waals surface area contributed by atoms with Gasteiger partial charge in [-0.05, 0) is 0 Å². The average Bonchev–Trinajstić information content (AvgIpc) is 1.65. The Morgan fingerprint density at radius 3 is 2.29 bits per heavy atom. The molecule has 7 heavy (non-hydrogen) atoms. The zero-order valence-electron chi connectivity index (χ0n) is 3.93. The molecule has 0 unspecified atom stereocenters. The van der Waals surface area contributed by atoms with Crippen LogP contribution in [0.2, 0.25) is 0 Å². The number of carbonyl (C=O) groups is 1. The first-order chi connectivity index (χ1) is 2.81. The zero-order chi connectivity index (χ0) is 4.99. The van der Waals surface area contributed by atoms with Crippen molar-refractivity contribution in [3.05, 3.63) is 12.7 Å². The van der Waals surface area contributed by atoms with Crippen molar-refractivity contribution >= 4 is 5.97 Å². The van der Waals surface area contributed by atoms with Crippen molar-refractivity contribution in [3.8, 4) is 0 Å². The molecule has 40 valence electrons. The Balaban J connectivity index is 0. The topological polar surface area (TPSA) is 26.3 Å². The number of esters is 1. The molecule has 0 aromatic heterocycles. The molecule has 0 N–H and O–H groups in total. The van der Waals surface area contributed by atoms with Gasteiger partial charge in [0.1, 0.15) is 5.97 Å². The number of carbonyl (C=O) groups excluding carboxylic acids is 1. The summed E-state index contributed by atoms with van der Waals surface area (Å²) in [7, 11) is 1.28. The van der Waals surface area contributed by atoms with Crippen LogP contribution in [-0.4, -0.2) is 13.1 Å². The molecule has 0 aliphatic heterocycles. The van der Waals surface area contributed by atoms with Crippen molar-refractivity contribution < 1.29 is 30.6 Å². The van der Waals surface area contributed by atoms with E-state index >= 15 is 0 Å². The van der Waals surface area contributed by atoms with E-state index in [1.807, 2.05) is 6.08 Å². The van der Waals surface area contributed by atoms with Crippen LogP contribution >= 0.6 is 0 Å². The van der Waals surface area contributed by atoms with E-state index in [-0.39, 0.29) is 21.1 Å². The Morgan fingerprint density at radius 2 is 2.29 bits per heavy atom. The van der Waals surface area contributed by atoms with E-state index in [1.54, 1.807) is 0 Å². The van der Waals surface area contributed by atoms with Crippen LogP contribution in [0.3, 0.4) is 0 Å². The maximum Gasteiger partial charge on any atom is 0.146 e. The Morgan fingerprint density at radius 1 is 1.86 bits per heavy atom. The minimum Gasteiger partial charge on any atom is -0.493 e. The van der Waals surface area contributed by atoms with Crippen LogP contribution in [0, 0.1) is 6.08 Å². The van der Waals surface area contributed by atoms with Gasteiger partial charge in [0.2, 0.25) is 0 Å². The first-order valence-electron chi connectivity index (χ1n) is 1.42. The van der Waals surface area contributed by atoms with Crippen LogP contribution in [-0.2, 0) is 30.6 Å². The van der Waals surface area contributed by atoms with Crippen molar-refractivity contribution in [1.29, 1.82) is 0 Å². The Hall–Kier alpha value is -0.102. The maximum atomic E-state index is 9.78. The molecule has 0 aliphatic rings. The second-order valence-corrected chi connectivity index (χ2v) is 0.668. The standard InChI is InChI=1S/C4H5O2.W/c1-3-4(5)6-2;/h1H2,2H3;/q-1;. The molecule has 0 radical (unpaired) electrons. The van der Waals surface area contributed by atoms with Gasteiger partial charge in [0.25, 0.3) is 0 Å². The largest absolute Gasteiger partial charge is 0.493 e. The van der Waals surface area contributed by atoms with Gasteiger partial charge < -0.3 is 10.8 Å². The summed E-state index contributed by atoms with van der Waals surface area (Å²) in [5.41, 5.74) is 0. The molecule has 2 nitrogen and oxygen atoms in total. The predicted molar refractivity (Wildman–Crippen MR) is 20.9 cm³/mol. The molecule has 0 fully saturated rings. The van der Waals surface area contributed by atoms with Crippen LogP contribution < -0.4 is 0 Å². The average molecular weight is 269 g/mol. The first-order valence-corrected chi connectivity index (χ1v) is 1.42. The Labute approximate surface area is 56.8 Å². The van der Waals surface area contributed by atoms with Gasteiger partial charge >= 0.3 is 0 Å². The monoisotopic (exact) mass is 269 g/mol. The van der Waals surface area contributed by atoms with E-state index < -0.39 is 5.97 Å². The molecule has 0 rings (SSSR count). The fraction of sp³-hybridized carbons (Fsp3) is 0.250. The molecule has 0 spiro atoms. The minimum absolute atomic E-state index is 0. The molecule has 0 atom stereocenters. The van der Waals surface area contributed by atoms with Crippen LogP contribution in [0.25, 0.3) is 0 Å².